The summed E-state index contributed by atoms with van der Waals surface area (Å²) in [5.41, 5.74) is 0.736. The number of halogens is 3. The maximum atomic E-state index is 12.9. The fourth-order valence-corrected chi connectivity index (χ4v) is 3.53. The van der Waals surface area contributed by atoms with Crippen molar-refractivity contribution in [3.8, 4) is 5.75 Å². The van der Waals surface area contributed by atoms with Gasteiger partial charge in [0.1, 0.15) is 28.1 Å². The van der Waals surface area contributed by atoms with Gasteiger partial charge in [-0.1, -0.05) is 0 Å². The highest BCUT2D eigenvalue weighted by molar-refractivity contribution is 7.13. The van der Waals surface area contributed by atoms with Crippen molar-refractivity contribution in [2.75, 3.05) is 26.2 Å². The topological polar surface area (TPSA) is 54.5 Å². The molecule has 0 radical (unpaired) electrons. The number of aryl methyl sites for hydroxylation is 1. The second-order valence-corrected chi connectivity index (χ2v) is 6.74. The summed E-state index contributed by atoms with van der Waals surface area (Å²) in [4.78, 5) is 19.7. The summed E-state index contributed by atoms with van der Waals surface area (Å²) in [6.45, 7) is 5.38. The van der Waals surface area contributed by atoms with E-state index in [0.29, 0.717) is 10.6 Å². The fourth-order valence-electron chi connectivity index (χ4n) is 2.58. The Balaban J connectivity index is 0.00000169. The molecule has 0 bridgehead atoms. The molecule has 1 fully saturated rings. The van der Waals surface area contributed by atoms with E-state index >= 15 is 0 Å². The van der Waals surface area contributed by atoms with Gasteiger partial charge in [0.15, 0.2) is 0 Å². The van der Waals surface area contributed by atoms with Crippen LogP contribution < -0.4 is 10.1 Å². The predicted molar refractivity (Wildman–Crippen MR) is 105 cm³/mol. The number of thiazole rings is 1. The van der Waals surface area contributed by atoms with E-state index in [0.717, 1.165) is 43.3 Å². The number of carbonyl (C=O) groups excluding carboxylic acids is 1. The van der Waals surface area contributed by atoms with Crippen molar-refractivity contribution in [1.82, 2.24) is 15.2 Å². The van der Waals surface area contributed by atoms with Gasteiger partial charge in [0, 0.05) is 19.6 Å². The van der Waals surface area contributed by atoms with Crippen LogP contribution in [0.25, 0.3) is 0 Å². The quantitative estimate of drug-likeness (QED) is 0.820. The van der Waals surface area contributed by atoms with Gasteiger partial charge < -0.3 is 15.0 Å². The van der Waals surface area contributed by atoms with E-state index in [1.165, 1.54) is 23.5 Å². The molecule has 26 heavy (non-hydrogen) atoms. The lowest BCUT2D eigenvalue weighted by Gasteiger charge is -2.19. The average Bonchev–Trinajstić information content (AvgIpc) is 2.78. The number of carbonyl (C=O) groups is 1. The Morgan fingerprint density at radius 2 is 2.00 bits per heavy atom. The Bertz CT molecular complexity index is 705. The summed E-state index contributed by atoms with van der Waals surface area (Å²) < 4.78 is 18.5. The molecule has 0 saturated carbocycles. The second-order valence-electron chi connectivity index (χ2n) is 5.66. The van der Waals surface area contributed by atoms with Crippen LogP contribution in [0.5, 0.6) is 5.75 Å². The highest BCUT2D eigenvalue weighted by atomic mass is 35.5. The van der Waals surface area contributed by atoms with E-state index < -0.39 is 0 Å². The lowest BCUT2D eigenvalue weighted by Crippen LogP contribution is -2.34. The van der Waals surface area contributed by atoms with Gasteiger partial charge in [-0.15, -0.1) is 36.2 Å². The summed E-state index contributed by atoms with van der Waals surface area (Å²) in [6, 6.07) is 5.85. The van der Waals surface area contributed by atoms with Crippen molar-refractivity contribution in [2.24, 2.45) is 0 Å². The summed E-state index contributed by atoms with van der Waals surface area (Å²) in [5.74, 6) is 0.324. The van der Waals surface area contributed by atoms with Gasteiger partial charge in [-0.05, 0) is 44.2 Å². The molecular weight excluding hydrogens is 400 g/mol. The third-order valence-electron chi connectivity index (χ3n) is 3.84. The number of benzene rings is 1. The van der Waals surface area contributed by atoms with Crippen LogP contribution in [0.1, 0.15) is 26.8 Å². The van der Waals surface area contributed by atoms with E-state index in [4.69, 9.17) is 4.74 Å². The number of hydrogen-bond donors (Lipinski definition) is 1. The van der Waals surface area contributed by atoms with Crippen molar-refractivity contribution < 1.29 is 13.9 Å². The average molecular weight is 422 g/mol. The molecule has 1 aromatic heterocycles. The molecule has 1 aliphatic rings. The van der Waals surface area contributed by atoms with Gasteiger partial charge in [-0.3, -0.25) is 4.79 Å². The van der Waals surface area contributed by atoms with Crippen LogP contribution in [0.15, 0.2) is 24.3 Å². The Labute approximate surface area is 168 Å². The maximum Gasteiger partial charge on any atom is 0.265 e. The molecule has 1 amide bonds. The molecule has 0 unspecified atom stereocenters. The Hall–Kier alpha value is -1.41. The van der Waals surface area contributed by atoms with Crippen LogP contribution in [-0.2, 0) is 6.61 Å². The van der Waals surface area contributed by atoms with Crippen LogP contribution >= 0.6 is 36.2 Å². The molecule has 9 heteroatoms. The van der Waals surface area contributed by atoms with Crippen molar-refractivity contribution in [3.63, 3.8) is 0 Å². The third kappa shape index (κ3) is 5.81. The zero-order valence-electron chi connectivity index (χ0n) is 14.4. The molecule has 1 N–H and O–H groups in total. The van der Waals surface area contributed by atoms with Crippen molar-refractivity contribution in [2.45, 2.75) is 20.0 Å². The smallest absolute Gasteiger partial charge is 0.265 e. The minimum Gasteiger partial charge on any atom is -0.486 e. The van der Waals surface area contributed by atoms with E-state index in [1.807, 2.05) is 11.8 Å². The number of nitrogens with zero attached hydrogens (tertiary/aromatic N) is 2. The minimum atomic E-state index is -0.299. The first-order chi connectivity index (χ1) is 11.6. The van der Waals surface area contributed by atoms with Crippen LogP contribution in [0.2, 0.25) is 0 Å². The summed E-state index contributed by atoms with van der Waals surface area (Å²) in [6.07, 6.45) is 0.962. The minimum absolute atomic E-state index is 0. The number of rotatable bonds is 4. The number of ether oxygens (including phenoxy) is 1. The maximum absolute atomic E-state index is 12.9. The summed E-state index contributed by atoms with van der Waals surface area (Å²) in [5, 5.41) is 4.04. The lowest BCUT2D eigenvalue weighted by molar-refractivity contribution is 0.0770. The van der Waals surface area contributed by atoms with Crippen molar-refractivity contribution in [3.05, 3.63) is 45.7 Å². The van der Waals surface area contributed by atoms with E-state index in [-0.39, 0.29) is 43.1 Å². The van der Waals surface area contributed by atoms with Crippen molar-refractivity contribution in [1.29, 1.82) is 0 Å². The molecule has 5 nitrogen and oxygen atoms in total. The third-order valence-corrected chi connectivity index (χ3v) is 4.96. The molecule has 1 saturated heterocycles. The van der Waals surface area contributed by atoms with Crippen LogP contribution in [0.3, 0.4) is 0 Å². The molecule has 0 spiro atoms. The first-order valence-corrected chi connectivity index (χ1v) is 8.80. The van der Waals surface area contributed by atoms with E-state index in [2.05, 4.69) is 10.3 Å². The Morgan fingerprint density at radius 1 is 1.27 bits per heavy atom. The number of hydrogen-bond acceptors (Lipinski definition) is 5. The highest BCUT2D eigenvalue weighted by Crippen LogP contribution is 2.22. The number of nitrogens with one attached hydrogen (secondary N) is 1. The summed E-state index contributed by atoms with van der Waals surface area (Å²) >= 11 is 1.37. The van der Waals surface area contributed by atoms with Gasteiger partial charge in [0.2, 0.25) is 0 Å². The standard InChI is InChI=1S/C17H20FN3O2S.2ClH/c1-12-16(17(22)21-9-2-7-19-8-10-21)24-15(20-12)11-23-14-5-3-13(18)4-6-14;;/h3-6,19H,2,7-11H2,1H3;2*1H. The largest absolute Gasteiger partial charge is 0.486 e. The first-order valence-electron chi connectivity index (χ1n) is 7.98. The monoisotopic (exact) mass is 421 g/mol. The number of amides is 1. The second kappa shape index (κ2) is 10.7. The number of aromatic nitrogens is 1. The zero-order valence-corrected chi connectivity index (χ0v) is 16.8. The molecule has 3 rings (SSSR count). The SMILES string of the molecule is Cc1nc(COc2ccc(F)cc2)sc1C(=O)N1CCCNCC1.Cl.Cl. The first kappa shape index (κ1) is 22.6. The van der Waals surface area contributed by atoms with Gasteiger partial charge in [0.05, 0.1) is 5.69 Å². The molecule has 1 aliphatic heterocycles. The normalized spacial score (nSPS) is 14.0. The highest BCUT2D eigenvalue weighted by Gasteiger charge is 2.22. The van der Waals surface area contributed by atoms with Gasteiger partial charge >= 0.3 is 0 Å². The molecule has 144 valence electrons. The van der Waals surface area contributed by atoms with Crippen molar-refractivity contribution >= 4 is 42.1 Å². The molecular formula is C17H22Cl2FN3O2S. The summed E-state index contributed by atoms with van der Waals surface area (Å²) in [7, 11) is 0. The molecule has 1 aromatic carbocycles. The Morgan fingerprint density at radius 3 is 2.73 bits per heavy atom. The molecule has 2 heterocycles. The van der Waals surface area contributed by atoms with Crippen LogP contribution in [0.4, 0.5) is 4.39 Å². The van der Waals surface area contributed by atoms with E-state index in [9.17, 15) is 9.18 Å². The van der Waals surface area contributed by atoms with Gasteiger partial charge in [-0.25, -0.2) is 9.37 Å². The predicted octanol–water partition coefficient (Wildman–Crippen LogP) is 3.45. The Kier molecular flexibility index (Phi) is 9.29. The molecule has 0 atom stereocenters. The van der Waals surface area contributed by atoms with Crippen LogP contribution in [0, 0.1) is 12.7 Å². The molecule has 2 aromatic rings. The van der Waals surface area contributed by atoms with Gasteiger partial charge in [0.25, 0.3) is 5.91 Å². The zero-order chi connectivity index (χ0) is 16.9. The van der Waals surface area contributed by atoms with E-state index in [1.54, 1.807) is 12.1 Å². The fraction of sp³-hybridized carbons (Fsp3) is 0.412. The molecule has 0 aliphatic carbocycles. The van der Waals surface area contributed by atoms with Crippen LogP contribution in [-0.4, -0.2) is 42.0 Å². The van der Waals surface area contributed by atoms with Gasteiger partial charge in [-0.2, -0.15) is 0 Å². The lowest BCUT2D eigenvalue weighted by atomic mass is 10.3.